The zero-order valence-corrected chi connectivity index (χ0v) is 15.1. The Bertz CT molecular complexity index is 776. The molecule has 0 aliphatic carbocycles. The van der Waals surface area contributed by atoms with Gasteiger partial charge in [-0.1, -0.05) is 35.9 Å². The van der Waals surface area contributed by atoms with Crippen molar-refractivity contribution in [2.24, 2.45) is 0 Å². The second-order valence-electron chi connectivity index (χ2n) is 5.54. The summed E-state index contributed by atoms with van der Waals surface area (Å²) in [7, 11) is 1.53. The first-order valence-electron chi connectivity index (χ1n) is 7.79. The number of hydrogen-bond donors (Lipinski definition) is 1. The van der Waals surface area contributed by atoms with Crippen molar-refractivity contribution in [1.82, 2.24) is 5.32 Å². The molecule has 1 N–H and O–H groups in total. The molecule has 0 unspecified atom stereocenters. The molecule has 0 saturated heterocycles. The minimum absolute atomic E-state index is 0.263. The Morgan fingerprint density at radius 2 is 1.92 bits per heavy atom. The van der Waals surface area contributed by atoms with E-state index in [-0.39, 0.29) is 6.54 Å². The lowest BCUT2D eigenvalue weighted by atomic mass is 10.1. The van der Waals surface area contributed by atoms with Gasteiger partial charge in [-0.25, -0.2) is 4.79 Å². The number of hydrogen-bond acceptors (Lipinski definition) is 4. The normalized spacial score (nSPS) is 11.5. The van der Waals surface area contributed by atoms with Crippen molar-refractivity contribution in [3.05, 3.63) is 64.2 Å². The molecule has 0 aliphatic heterocycles. The third-order valence-electron chi connectivity index (χ3n) is 3.71. The molecule has 0 aromatic heterocycles. The molecule has 2 rings (SSSR count). The first-order chi connectivity index (χ1) is 11.9. The maximum absolute atomic E-state index is 12.2. The van der Waals surface area contributed by atoms with Gasteiger partial charge in [-0.05, 0) is 43.2 Å². The van der Waals surface area contributed by atoms with Gasteiger partial charge >= 0.3 is 5.97 Å². The van der Waals surface area contributed by atoms with Crippen molar-refractivity contribution in [2.75, 3.05) is 7.11 Å². The molecule has 1 amide bonds. The molecule has 0 heterocycles. The summed E-state index contributed by atoms with van der Waals surface area (Å²) >= 11 is 6.04. The summed E-state index contributed by atoms with van der Waals surface area (Å²) in [6.07, 6.45) is -0.928. The van der Waals surface area contributed by atoms with Crippen molar-refractivity contribution in [2.45, 2.75) is 26.5 Å². The smallest absolute Gasteiger partial charge is 0.339 e. The zero-order valence-electron chi connectivity index (χ0n) is 14.3. The van der Waals surface area contributed by atoms with Crippen LogP contribution in [0.5, 0.6) is 5.75 Å². The Kier molecular flexibility index (Phi) is 6.42. The van der Waals surface area contributed by atoms with Crippen LogP contribution in [-0.4, -0.2) is 25.1 Å². The fraction of sp³-hybridized carbons (Fsp3) is 0.263. The fourth-order valence-corrected chi connectivity index (χ4v) is 2.40. The van der Waals surface area contributed by atoms with Gasteiger partial charge in [0.05, 0.1) is 12.7 Å². The first-order valence-corrected chi connectivity index (χ1v) is 8.17. The van der Waals surface area contributed by atoms with E-state index in [1.54, 1.807) is 24.3 Å². The zero-order chi connectivity index (χ0) is 18.4. The molecule has 6 heteroatoms. The van der Waals surface area contributed by atoms with Gasteiger partial charge < -0.3 is 14.8 Å². The van der Waals surface area contributed by atoms with Crippen LogP contribution in [0.2, 0.25) is 5.02 Å². The molecule has 25 heavy (non-hydrogen) atoms. The van der Waals surface area contributed by atoms with Gasteiger partial charge in [0, 0.05) is 11.6 Å². The van der Waals surface area contributed by atoms with Crippen molar-refractivity contribution >= 4 is 23.5 Å². The van der Waals surface area contributed by atoms with Gasteiger partial charge in [0.2, 0.25) is 0 Å². The van der Waals surface area contributed by atoms with Crippen molar-refractivity contribution in [3.8, 4) is 5.75 Å². The van der Waals surface area contributed by atoms with Crippen LogP contribution in [0.4, 0.5) is 0 Å². The average Bonchev–Trinajstić information content (AvgIpc) is 2.61. The fourth-order valence-electron chi connectivity index (χ4n) is 2.20. The highest BCUT2D eigenvalue weighted by atomic mass is 35.5. The highest BCUT2D eigenvalue weighted by molar-refractivity contribution is 6.31. The van der Waals surface area contributed by atoms with Crippen LogP contribution in [0.1, 0.15) is 28.4 Å². The second kappa shape index (κ2) is 8.53. The van der Waals surface area contributed by atoms with Gasteiger partial charge in [-0.3, -0.25) is 4.79 Å². The number of nitrogens with one attached hydrogen (secondary N) is 1. The number of benzene rings is 2. The lowest BCUT2D eigenvalue weighted by Crippen LogP contribution is -2.35. The lowest BCUT2D eigenvalue weighted by Gasteiger charge is -2.14. The topological polar surface area (TPSA) is 64.6 Å². The van der Waals surface area contributed by atoms with Crippen LogP contribution in [0, 0.1) is 6.92 Å². The third-order valence-corrected chi connectivity index (χ3v) is 4.08. The Morgan fingerprint density at radius 3 is 2.60 bits per heavy atom. The van der Waals surface area contributed by atoms with Gasteiger partial charge in [0.15, 0.2) is 6.10 Å². The summed E-state index contributed by atoms with van der Waals surface area (Å²) in [6, 6.07) is 12.2. The largest absolute Gasteiger partial charge is 0.496 e. The van der Waals surface area contributed by atoms with Crippen LogP contribution in [0.15, 0.2) is 42.5 Å². The molecule has 0 bridgehead atoms. The van der Waals surface area contributed by atoms with E-state index in [2.05, 4.69) is 5.32 Å². The number of rotatable bonds is 6. The van der Waals surface area contributed by atoms with Crippen LogP contribution in [0.3, 0.4) is 0 Å². The summed E-state index contributed by atoms with van der Waals surface area (Å²) in [5.74, 6) is -0.392. The van der Waals surface area contributed by atoms with Gasteiger partial charge in [0.1, 0.15) is 5.75 Å². The molecule has 0 aliphatic rings. The Morgan fingerprint density at radius 1 is 1.20 bits per heavy atom. The SMILES string of the molecule is COc1cc(C(=O)O[C@H](C)C(=O)NCc2ccccc2Cl)ccc1C. The van der Waals surface area contributed by atoms with Gasteiger partial charge in [-0.15, -0.1) is 0 Å². The van der Waals surface area contributed by atoms with Crippen LogP contribution >= 0.6 is 11.6 Å². The van der Waals surface area contributed by atoms with Crippen molar-refractivity contribution < 1.29 is 19.1 Å². The molecule has 132 valence electrons. The van der Waals surface area contributed by atoms with Crippen molar-refractivity contribution in [1.29, 1.82) is 0 Å². The Balaban J connectivity index is 1.94. The number of carbonyl (C=O) groups is 2. The van der Waals surface area contributed by atoms with Crippen molar-refractivity contribution in [3.63, 3.8) is 0 Å². The average molecular weight is 362 g/mol. The summed E-state index contributed by atoms with van der Waals surface area (Å²) in [4.78, 5) is 24.3. The van der Waals surface area contributed by atoms with E-state index in [4.69, 9.17) is 21.1 Å². The highest BCUT2D eigenvalue weighted by Gasteiger charge is 2.19. The number of amides is 1. The summed E-state index contributed by atoms with van der Waals surface area (Å²) < 4.78 is 10.4. The molecule has 0 fully saturated rings. The van der Waals surface area contributed by atoms with Crippen LogP contribution < -0.4 is 10.1 Å². The van der Waals surface area contributed by atoms with E-state index in [1.165, 1.54) is 14.0 Å². The molecule has 1 atom stereocenters. The standard InChI is InChI=1S/C19H20ClNO4/c1-12-8-9-14(10-17(12)24-3)19(23)25-13(2)18(22)21-11-15-6-4-5-7-16(15)20/h4-10,13H,11H2,1-3H3,(H,21,22)/t13-/m1/s1. The van der Waals surface area contributed by atoms with E-state index in [0.717, 1.165) is 11.1 Å². The van der Waals surface area contributed by atoms with E-state index >= 15 is 0 Å². The highest BCUT2D eigenvalue weighted by Crippen LogP contribution is 2.20. The molecule has 2 aromatic carbocycles. The number of methoxy groups -OCH3 is 1. The second-order valence-corrected chi connectivity index (χ2v) is 5.95. The molecular formula is C19H20ClNO4. The number of aryl methyl sites for hydroxylation is 1. The Hall–Kier alpha value is -2.53. The van der Waals surface area contributed by atoms with E-state index < -0.39 is 18.0 Å². The summed E-state index contributed by atoms with van der Waals surface area (Å²) in [6.45, 7) is 3.66. The predicted molar refractivity (Wildman–Crippen MR) is 95.9 cm³/mol. The lowest BCUT2D eigenvalue weighted by molar-refractivity contribution is -0.129. The minimum atomic E-state index is -0.928. The summed E-state index contributed by atoms with van der Waals surface area (Å²) in [5, 5.41) is 3.27. The first kappa shape index (κ1) is 18.8. The van der Waals surface area contributed by atoms with E-state index in [0.29, 0.717) is 16.3 Å². The maximum Gasteiger partial charge on any atom is 0.339 e. The third kappa shape index (κ3) is 4.97. The van der Waals surface area contributed by atoms with Crippen LogP contribution in [-0.2, 0) is 16.1 Å². The number of carbonyl (C=O) groups excluding carboxylic acids is 2. The molecule has 0 spiro atoms. The monoisotopic (exact) mass is 361 g/mol. The molecular weight excluding hydrogens is 342 g/mol. The Labute approximate surface area is 151 Å². The maximum atomic E-state index is 12.2. The predicted octanol–water partition coefficient (Wildman–Crippen LogP) is 3.52. The molecule has 0 radical (unpaired) electrons. The molecule has 0 saturated carbocycles. The van der Waals surface area contributed by atoms with Gasteiger partial charge in [0.25, 0.3) is 5.91 Å². The summed E-state index contributed by atoms with van der Waals surface area (Å²) in [5.41, 5.74) is 2.03. The molecule has 2 aromatic rings. The van der Waals surface area contributed by atoms with E-state index in [1.807, 2.05) is 25.1 Å². The molecule has 5 nitrogen and oxygen atoms in total. The van der Waals surface area contributed by atoms with Gasteiger partial charge in [-0.2, -0.15) is 0 Å². The van der Waals surface area contributed by atoms with Crippen LogP contribution in [0.25, 0.3) is 0 Å². The van der Waals surface area contributed by atoms with E-state index in [9.17, 15) is 9.59 Å². The number of ether oxygens (including phenoxy) is 2. The minimum Gasteiger partial charge on any atom is -0.496 e. The number of esters is 1. The number of halogens is 1. The quantitative estimate of drug-likeness (QED) is 0.799.